The van der Waals surface area contributed by atoms with E-state index in [2.05, 4.69) is 29.1 Å². The third-order valence-corrected chi connectivity index (χ3v) is 3.84. The normalized spacial score (nSPS) is 10.7. The summed E-state index contributed by atoms with van der Waals surface area (Å²) >= 11 is 0. The summed E-state index contributed by atoms with van der Waals surface area (Å²) in [7, 11) is 0. The first kappa shape index (κ1) is 20.7. The third kappa shape index (κ3) is 5.94. The van der Waals surface area contributed by atoms with E-state index in [0.717, 1.165) is 43.1 Å². The van der Waals surface area contributed by atoms with E-state index in [-0.39, 0.29) is 12.0 Å². The molecule has 0 saturated heterocycles. The minimum Gasteiger partial charge on any atom is -0.489 e. The zero-order valence-electron chi connectivity index (χ0n) is 17.0. The van der Waals surface area contributed by atoms with Crippen LogP contribution in [0.1, 0.15) is 56.7 Å². The largest absolute Gasteiger partial charge is 0.489 e. The van der Waals surface area contributed by atoms with Gasteiger partial charge in [-0.1, -0.05) is 26.0 Å². The Bertz CT molecular complexity index is 756. The van der Waals surface area contributed by atoms with Gasteiger partial charge < -0.3 is 15.0 Å². The molecule has 0 bridgehead atoms. The number of carbonyl (C=O) groups is 1. The van der Waals surface area contributed by atoms with Crippen LogP contribution in [0.15, 0.2) is 30.3 Å². The molecule has 0 saturated carbocycles. The van der Waals surface area contributed by atoms with Gasteiger partial charge in [0.05, 0.1) is 11.8 Å². The maximum Gasteiger partial charge on any atom is 0.272 e. The van der Waals surface area contributed by atoms with Gasteiger partial charge in [0.2, 0.25) is 5.95 Å². The fourth-order valence-electron chi connectivity index (χ4n) is 2.80. The molecule has 2 aromatic rings. The van der Waals surface area contributed by atoms with Crippen molar-refractivity contribution >= 4 is 17.5 Å². The highest BCUT2D eigenvalue weighted by molar-refractivity contribution is 5.92. The topological polar surface area (TPSA) is 67.4 Å². The fraction of sp³-hybridized carbons (Fsp3) is 0.476. The van der Waals surface area contributed by atoms with Crippen LogP contribution in [-0.4, -0.2) is 40.0 Å². The Morgan fingerprint density at radius 2 is 1.81 bits per heavy atom. The SMILES string of the molecule is CCCN(CCC)C(=O)c1cc(C)nc(Nc2ccccc2OC(C)C)n1. The minimum absolute atomic E-state index is 0.0557. The van der Waals surface area contributed by atoms with Crippen molar-refractivity contribution in [3.63, 3.8) is 0 Å². The average molecular weight is 370 g/mol. The molecule has 1 aromatic carbocycles. The average Bonchev–Trinajstić information content (AvgIpc) is 2.61. The van der Waals surface area contributed by atoms with E-state index in [1.54, 1.807) is 6.07 Å². The van der Waals surface area contributed by atoms with Gasteiger partial charge in [0.15, 0.2) is 0 Å². The number of ether oxygens (including phenoxy) is 1. The zero-order valence-corrected chi connectivity index (χ0v) is 17.0. The second kappa shape index (κ2) is 9.90. The fourth-order valence-corrected chi connectivity index (χ4v) is 2.80. The van der Waals surface area contributed by atoms with E-state index < -0.39 is 0 Å². The summed E-state index contributed by atoms with van der Waals surface area (Å²) in [5.41, 5.74) is 1.93. The van der Waals surface area contributed by atoms with Crippen LogP contribution in [0.2, 0.25) is 0 Å². The van der Waals surface area contributed by atoms with Crippen LogP contribution >= 0.6 is 0 Å². The molecule has 0 spiro atoms. The molecule has 1 heterocycles. The van der Waals surface area contributed by atoms with Gasteiger partial charge in [-0.3, -0.25) is 4.79 Å². The van der Waals surface area contributed by atoms with Crippen molar-refractivity contribution in [2.45, 2.75) is 53.6 Å². The van der Waals surface area contributed by atoms with Crippen molar-refractivity contribution in [1.29, 1.82) is 0 Å². The quantitative estimate of drug-likeness (QED) is 0.700. The number of anilines is 2. The summed E-state index contributed by atoms with van der Waals surface area (Å²) in [4.78, 5) is 23.6. The molecule has 1 N–H and O–H groups in total. The summed E-state index contributed by atoms with van der Waals surface area (Å²) < 4.78 is 5.83. The highest BCUT2D eigenvalue weighted by Gasteiger charge is 2.18. The van der Waals surface area contributed by atoms with E-state index in [9.17, 15) is 4.79 Å². The molecule has 1 amide bonds. The number of rotatable bonds is 9. The van der Waals surface area contributed by atoms with Gasteiger partial charge >= 0.3 is 0 Å². The molecule has 0 unspecified atom stereocenters. The van der Waals surface area contributed by atoms with E-state index in [4.69, 9.17) is 4.74 Å². The van der Waals surface area contributed by atoms with Gasteiger partial charge in [0.1, 0.15) is 11.4 Å². The lowest BCUT2D eigenvalue weighted by atomic mass is 10.2. The van der Waals surface area contributed by atoms with Crippen LogP contribution in [0.25, 0.3) is 0 Å². The molecule has 27 heavy (non-hydrogen) atoms. The molecule has 0 atom stereocenters. The smallest absolute Gasteiger partial charge is 0.272 e. The first-order chi connectivity index (χ1) is 12.9. The number of hydrogen-bond donors (Lipinski definition) is 1. The van der Waals surface area contributed by atoms with Crippen molar-refractivity contribution < 1.29 is 9.53 Å². The van der Waals surface area contributed by atoms with Gasteiger partial charge in [-0.15, -0.1) is 0 Å². The zero-order chi connectivity index (χ0) is 19.8. The maximum atomic E-state index is 12.9. The number of carbonyl (C=O) groups excluding carboxylic acids is 1. The maximum absolute atomic E-state index is 12.9. The van der Waals surface area contributed by atoms with E-state index in [0.29, 0.717) is 11.6 Å². The molecule has 6 heteroatoms. The monoisotopic (exact) mass is 370 g/mol. The number of aromatic nitrogens is 2. The lowest BCUT2D eigenvalue weighted by molar-refractivity contribution is 0.0749. The summed E-state index contributed by atoms with van der Waals surface area (Å²) in [5, 5.41) is 3.20. The van der Waals surface area contributed by atoms with Crippen molar-refractivity contribution in [3.8, 4) is 5.75 Å². The first-order valence-electron chi connectivity index (χ1n) is 9.62. The lowest BCUT2D eigenvalue weighted by Gasteiger charge is -2.21. The third-order valence-electron chi connectivity index (χ3n) is 3.84. The van der Waals surface area contributed by atoms with E-state index >= 15 is 0 Å². The lowest BCUT2D eigenvalue weighted by Crippen LogP contribution is -2.33. The van der Waals surface area contributed by atoms with E-state index in [1.807, 2.05) is 49.9 Å². The second-order valence-electron chi connectivity index (χ2n) is 6.80. The molecule has 1 aromatic heterocycles. The summed E-state index contributed by atoms with van der Waals surface area (Å²) in [5.74, 6) is 1.06. The molecule has 0 aliphatic carbocycles. The van der Waals surface area contributed by atoms with Crippen LogP contribution in [0.5, 0.6) is 5.75 Å². The number of nitrogens with one attached hydrogen (secondary N) is 1. The molecule has 0 aliphatic heterocycles. The van der Waals surface area contributed by atoms with Gasteiger partial charge in [0.25, 0.3) is 5.91 Å². The number of aryl methyl sites for hydroxylation is 1. The Kier molecular flexibility index (Phi) is 7.58. The van der Waals surface area contributed by atoms with Crippen molar-refractivity contribution in [3.05, 3.63) is 41.7 Å². The van der Waals surface area contributed by atoms with Crippen LogP contribution in [0.4, 0.5) is 11.6 Å². The van der Waals surface area contributed by atoms with Gasteiger partial charge in [-0.2, -0.15) is 0 Å². The molecule has 2 rings (SSSR count). The number of hydrogen-bond acceptors (Lipinski definition) is 5. The van der Waals surface area contributed by atoms with Crippen LogP contribution in [0.3, 0.4) is 0 Å². The molecular weight excluding hydrogens is 340 g/mol. The van der Waals surface area contributed by atoms with Gasteiger partial charge in [0, 0.05) is 18.8 Å². The highest BCUT2D eigenvalue weighted by atomic mass is 16.5. The summed E-state index contributed by atoms with van der Waals surface area (Å²) in [6, 6.07) is 9.38. The Morgan fingerprint density at radius 3 is 2.44 bits per heavy atom. The number of benzene rings is 1. The summed E-state index contributed by atoms with van der Waals surface area (Å²) in [6.07, 6.45) is 1.89. The van der Waals surface area contributed by atoms with Crippen molar-refractivity contribution in [2.24, 2.45) is 0 Å². The second-order valence-corrected chi connectivity index (χ2v) is 6.80. The molecule has 146 valence electrons. The highest BCUT2D eigenvalue weighted by Crippen LogP contribution is 2.27. The van der Waals surface area contributed by atoms with E-state index in [1.165, 1.54) is 0 Å². The molecule has 0 radical (unpaired) electrons. The minimum atomic E-state index is -0.0565. The molecular formula is C21H30N4O2. The predicted molar refractivity (Wildman–Crippen MR) is 109 cm³/mol. The standard InChI is InChI=1S/C21H30N4O2/c1-6-12-25(13-7-2)20(26)18-14-16(5)22-21(24-18)23-17-10-8-9-11-19(17)27-15(3)4/h8-11,14-15H,6-7,12-13H2,1-5H3,(H,22,23,24). The molecule has 0 aliphatic rings. The van der Waals surface area contributed by atoms with Crippen molar-refractivity contribution in [1.82, 2.24) is 14.9 Å². The van der Waals surface area contributed by atoms with Crippen LogP contribution in [-0.2, 0) is 0 Å². The van der Waals surface area contributed by atoms with Crippen LogP contribution in [0, 0.1) is 6.92 Å². The number of nitrogens with zero attached hydrogens (tertiary/aromatic N) is 3. The number of amides is 1. The molecule has 0 fully saturated rings. The first-order valence-corrected chi connectivity index (χ1v) is 9.62. The summed E-state index contributed by atoms with van der Waals surface area (Å²) in [6.45, 7) is 11.4. The number of para-hydroxylation sites is 2. The molecule has 6 nitrogen and oxygen atoms in total. The van der Waals surface area contributed by atoms with Crippen molar-refractivity contribution in [2.75, 3.05) is 18.4 Å². The Balaban J connectivity index is 2.29. The predicted octanol–water partition coefficient (Wildman–Crippen LogP) is 4.58. The Hall–Kier alpha value is -2.63. The Labute approximate surface area is 162 Å². The van der Waals surface area contributed by atoms with Gasteiger partial charge in [-0.25, -0.2) is 9.97 Å². The Morgan fingerprint density at radius 1 is 1.15 bits per heavy atom. The van der Waals surface area contributed by atoms with Gasteiger partial charge in [-0.05, 0) is 51.8 Å². The van der Waals surface area contributed by atoms with Crippen LogP contribution < -0.4 is 10.1 Å².